The Morgan fingerprint density at radius 2 is 2.04 bits per heavy atom. The number of thiophene rings is 1. The van der Waals surface area contributed by atoms with Gasteiger partial charge in [-0.15, -0.1) is 11.3 Å². The highest BCUT2D eigenvalue weighted by Crippen LogP contribution is 2.33. The van der Waals surface area contributed by atoms with E-state index in [1.807, 2.05) is 6.92 Å². The van der Waals surface area contributed by atoms with Gasteiger partial charge < -0.3 is 15.0 Å². The van der Waals surface area contributed by atoms with E-state index in [4.69, 9.17) is 4.74 Å². The number of nitrogens with zero attached hydrogens (tertiary/aromatic N) is 3. The lowest BCUT2D eigenvalue weighted by Crippen LogP contribution is -2.24. The summed E-state index contributed by atoms with van der Waals surface area (Å²) >= 11 is 1.35. The number of esters is 1. The second kappa shape index (κ2) is 8.94. The number of anilines is 1. The van der Waals surface area contributed by atoms with Gasteiger partial charge in [-0.25, -0.2) is 14.8 Å². The molecule has 0 unspecified atom stereocenters. The fourth-order valence-electron chi connectivity index (χ4n) is 2.70. The van der Waals surface area contributed by atoms with E-state index < -0.39 is 0 Å². The standard InChI is InChI=1S/C17H26N4O2S/c1-5-21(6-2)10-8-7-9-18-15-13-12(3)14(17(22)23-4)24-16(13)20-11-19-15/h11H,5-10H2,1-4H3,(H,18,19,20). The summed E-state index contributed by atoms with van der Waals surface area (Å²) in [5.41, 5.74) is 0.882. The van der Waals surface area contributed by atoms with Crippen LogP contribution in [0.15, 0.2) is 6.33 Å². The molecule has 0 amide bonds. The summed E-state index contributed by atoms with van der Waals surface area (Å²) < 4.78 is 4.84. The molecule has 0 atom stereocenters. The molecule has 0 aromatic carbocycles. The predicted molar refractivity (Wildman–Crippen MR) is 99.0 cm³/mol. The molecule has 24 heavy (non-hydrogen) atoms. The molecule has 0 fully saturated rings. The highest BCUT2D eigenvalue weighted by Gasteiger charge is 2.19. The van der Waals surface area contributed by atoms with Crippen LogP contribution in [-0.2, 0) is 4.74 Å². The lowest BCUT2D eigenvalue weighted by atomic mass is 10.2. The fourth-order valence-corrected chi connectivity index (χ4v) is 3.77. The smallest absolute Gasteiger partial charge is 0.348 e. The molecule has 7 heteroatoms. The molecule has 0 radical (unpaired) electrons. The van der Waals surface area contributed by atoms with Crippen molar-refractivity contribution in [3.63, 3.8) is 0 Å². The Labute approximate surface area is 147 Å². The second-order valence-corrected chi connectivity index (χ2v) is 6.61. The van der Waals surface area contributed by atoms with Crippen molar-refractivity contribution in [1.82, 2.24) is 14.9 Å². The summed E-state index contributed by atoms with van der Waals surface area (Å²) in [7, 11) is 1.40. The summed E-state index contributed by atoms with van der Waals surface area (Å²) in [4.78, 5) is 24.3. The predicted octanol–water partition coefficient (Wildman–Crippen LogP) is 3.32. The molecule has 2 heterocycles. The van der Waals surface area contributed by atoms with Crippen molar-refractivity contribution in [2.24, 2.45) is 0 Å². The average Bonchev–Trinajstić information content (AvgIpc) is 2.95. The number of unbranched alkanes of at least 4 members (excludes halogenated alkanes) is 1. The van der Waals surface area contributed by atoms with Crippen LogP contribution in [0.5, 0.6) is 0 Å². The fraction of sp³-hybridized carbons (Fsp3) is 0.588. The zero-order valence-electron chi connectivity index (χ0n) is 14.9. The van der Waals surface area contributed by atoms with Crippen LogP contribution in [-0.4, -0.2) is 54.1 Å². The normalized spacial score (nSPS) is 11.2. The molecule has 2 rings (SSSR count). The highest BCUT2D eigenvalue weighted by molar-refractivity contribution is 7.20. The van der Waals surface area contributed by atoms with Gasteiger partial charge in [0.1, 0.15) is 21.9 Å². The maximum Gasteiger partial charge on any atom is 0.348 e. The molecule has 0 saturated heterocycles. The molecule has 0 spiro atoms. The molecule has 0 aliphatic rings. The monoisotopic (exact) mass is 350 g/mol. The Morgan fingerprint density at radius 1 is 1.29 bits per heavy atom. The summed E-state index contributed by atoms with van der Waals surface area (Å²) in [6.45, 7) is 10.5. The number of hydrogen-bond donors (Lipinski definition) is 1. The van der Waals surface area contributed by atoms with E-state index >= 15 is 0 Å². The molecule has 2 aromatic heterocycles. The minimum Gasteiger partial charge on any atom is -0.465 e. The molecule has 0 aliphatic heterocycles. The molecule has 0 bridgehead atoms. The van der Waals surface area contributed by atoms with Crippen LogP contribution in [0.25, 0.3) is 10.2 Å². The van der Waals surface area contributed by atoms with E-state index in [-0.39, 0.29) is 5.97 Å². The van der Waals surface area contributed by atoms with Crippen LogP contribution in [0.2, 0.25) is 0 Å². The van der Waals surface area contributed by atoms with E-state index in [0.717, 1.165) is 60.6 Å². The second-order valence-electron chi connectivity index (χ2n) is 5.61. The van der Waals surface area contributed by atoms with Gasteiger partial charge in [0.15, 0.2) is 0 Å². The first-order valence-electron chi connectivity index (χ1n) is 8.40. The third-order valence-corrected chi connectivity index (χ3v) is 5.37. The molecular weight excluding hydrogens is 324 g/mol. The number of methoxy groups -OCH3 is 1. The average molecular weight is 350 g/mol. The summed E-state index contributed by atoms with van der Waals surface area (Å²) in [6, 6.07) is 0. The lowest BCUT2D eigenvalue weighted by molar-refractivity contribution is 0.0605. The van der Waals surface area contributed by atoms with Gasteiger partial charge in [0.25, 0.3) is 0 Å². The van der Waals surface area contributed by atoms with E-state index in [0.29, 0.717) is 4.88 Å². The van der Waals surface area contributed by atoms with Gasteiger partial charge in [-0.05, 0) is 45.0 Å². The van der Waals surface area contributed by atoms with E-state index in [1.165, 1.54) is 24.8 Å². The zero-order chi connectivity index (χ0) is 17.5. The van der Waals surface area contributed by atoms with Crippen molar-refractivity contribution in [3.8, 4) is 0 Å². The number of aryl methyl sites for hydroxylation is 1. The topological polar surface area (TPSA) is 67.3 Å². The largest absolute Gasteiger partial charge is 0.465 e. The lowest BCUT2D eigenvalue weighted by Gasteiger charge is -2.17. The summed E-state index contributed by atoms with van der Waals surface area (Å²) in [6.07, 6.45) is 3.77. The number of aromatic nitrogens is 2. The first-order chi connectivity index (χ1) is 11.6. The third-order valence-electron chi connectivity index (χ3n) is 4.19. The first-order valence-corrected chi connectivity index (χ1v) is 9.22. The molecular formula is C17H26N4O2S. The van der Waals surface area contributed by atoms with Crippen molar-refractivity contribution in [2.75, 3.05) is 38.6 Å². The van der Waals surface area contributed by atoms with Crippen LogP contribution >= 0.6 is 11.3 Å². The van der Waals surface area contributed by atoms with Crippen LogP contribution in [0.4, 0.5) is 5.82 Å². The SMILES string of the molecule is CCN(CC)CCCCNc1ncnc2sc(C(=O)OC)c(C)c12. The Kier molecular flexibility index (Phi) is 6.93. The number of carbonyl (C=O) groups is 1. The van der Waals surface area contributed by atoms with Crippen molar-refractivity contribution < 1.29 is 9.53 Å². The van der Waals surface area contributed by atoms with Crippen molar-refractivity contribution in [1.29, 1.82) is 0 Å². The minimum absolute atomic E-state index is 0.319. The number of nitrogens with one attached hydrogen (secondary N) is 1. The van der Waals surface area contributed by atoms with Crippen molar-refractivity contribution >= 4 is 33.3 Å². The summed E-state index contributed by atoms with van der Waals surface area (Å²) in [5, 5.41) is 4.32. The van der Waals surface area contributed by atoms with Gasteiger partial charge in [0, 0.05) is 6.54 Å². The maximum absolute atomic E-state index is 11.9. The van der Waals surface area contributed by atoms with Gasteiger partial charge in [-0.1, -0.05) is 13.8 Å². The number of rotatable bonds is 9. The van der Waals surface area contributed by atoms with Crippen LogP contribution < -0.4 is 5.32 Å². The highest BCUT2D eigenvalue weighted by atomic mass is 32.1. The van der Waals surface area contributed by atoms with E-state index in [2.05, 4.69) is 34.0 Å². The molecule has 0 saturated carbocycles. The quantitative estimate of drug-likeness (QED) is 0.553. The Balaban J connectivity index is 2.02. The Morgan fingerprint density at radius 3 is 2.71 bits per heavy atom. The molecule has 132 valence electrons. The number of ether oxygens (including phenoxy) is 1. The van der Waals surface area contributed by atoms with Gasteiger partial charge in [0.05, 0.1) is 12.5 Å². The number of fused-ring (bicyclic) bond motifs is 1. The van der Waals surface area contributed by atoms with Crippen molar-refractivity contribution in [2.45, 2.75) is 33.6 Å². The van der Waals surface area contributed by atoms with Gasteiger partial charge in [-0.3, -0.25) is 0 Å². The third kappa shape index (κ3) is 4.21. The van der Waals surface area contributed by atoms with E-state index in [1.54, 1.807) is 0 Å². The van der Waals surface area contributed by atoms with Gasteiger partial charge in [0.2, 0.25) is 0 Å². The first kappa shape index (κ1) is 18.6. The van der Waals surface area contributed by atoms with Crippen LogP contribution in [0, 0.1) is 6.92 Å². The van der Waals surface area contributed by atoms with Crippen LogP contribution in [0.1, 0.15) is 41.9 Å². The molecule has 6 nitrogen and oxygen atoms in total. The van der Waals surface area contributed by atoms with Crippen molar-refractivity contribution in [3.05, 3.63) is 16.8 Å². The number of carbonyl (C=O) groups excluding carboxylic acids is 1. The molecule has 1 N–H and O–H groups in total. The Hall–Kier alpha value is -1.73. The summed E-state index contributed by atoms with van der Waals surface area (Å²) in [5.74, 6) is 0.479. The minimum atomic E-state index is -0.319. The maximum atomic E-state index is 11.9. The van der Waals surface area contributed by atoms with Crippen LogP contribution in [0.3, 0.4) is 0 Å². The van der Waals surface area contributed by atoms with E-state index in [9.17, 15) is 4.79 Å². The number of hydrogen-bond acceptors (Lipinski definition) is 7. The van der Waals surface area contributed by atoms with Gasteiger partial charge in [-0.2, -0.15) is 0 Å². The zero-order valence-corrected chi connectivity index (χ0v) is 15.7. The van der Waals surface area contributed by atoms with Gasteiger partial charge >= 0.3 is 5.97 Å². The molecule has 2 aromatic rings. The Bertz CT molecular complexity index is 683. The molecule has 0 aliphatic carbocycles.